The zero-order chi connectivity index (χ0) is 19.7. The van der Waals surface area contributed by atoms with Crippen LogP contribution in [0.25, 0.3) is 0 Å². The summed E-state index contributed by atoms with van der Waals surface area (Å²) < 4.78 is 11.0. The molecule has 0 aromatic heterocycles. The Labute approximate surface area is 159 Å². The highest BCUT2D eigenvalue weighted by Crippen LogP contribution is 2.60. The second-order valence-electron chi connectivity index (χ2n) is 9.58. The minimum atomic E-state index is -1.01. The lowest BCUT2D eigenvalue weighted by atomic mass is 9.48. The maximum atomic E-state index is 12.0. The highest BCUT2D eigenvalue weighted by molar-refractivity contribution is 5.92. The molecule has 4 rings (SSSR count). The van der Waals surface area contributed by atoms with Crippen LogP contribution in [0.1, 0.15) is 59.8 Å². The van der Waals surface area contributed by atoms with Gasteiger partial charge in [-0.2, -0.15) is 0 Å². The predicted molar refractivity (Wildman–Crippen MR) is 96.4 cm³/mol. The Bertz CT molecular complexity index is 709. The van der Waals surface area contributed by atoms with Gasteiger partial charge in [0.25, 0.3) is 0 Å². The lowest BCUT2D eigenvalue weighted by Gasteiger charge is -2.60. The van der Waals surface area contributed by atoms with E-state index < -0.39 is 17.8 Å². The van der Waals surface area contributed by atoms with Crippen molar-refractivity contribution in [3.05, 3.63) is 11.1 Å². The van der Waals surface area contributed by atoms with E-state index in [1.54, 1.807) is 6.92 Å². The van der Waals surface area contributed by atoms with E-state index >= 15 is 0 Å². The molecule has 4 aliphatic rings. The van der Waals surface area contributed by atoms with Gasteiger partial charge in [0.2, 0.25) is 0 Å². The molecule has 0 unspecified atom stereocenters. The first kappa shape index (κ1) is 18.9. The van der Waals surface area contributed by atoms with Gasteiger partial charge < -0.3 is 19.7 Å². The second-order valence-corrected chi connectivity index (χ2v) is 9.58. The van der Waals surface area contributed by atoms with Crippen LogP contribution in [0.4, 0.5) is 0 Å². The number of hydrogen-bond acceptors (Lipinski definition) is 6. The zero-order valence-electron chi connectivity index (χ0n) is 16.5. The van der Waals surface area contributed by atoms with Crippen molar-refractivity contribution in [1.82, 2.24) is 0 Å². The van der Waals surface area contributed by atoms with Gasteiger partial charge in [0.15, 0.2) is 6.10 Å². The molecule has 0 radical (unpaired) electrons. The molecule has 6 heteroatoms. The van der Waals surface area contributed by atoms with Gasteiger partial charge in [-0.1, -0.05) is 13.8 Å². The van der Waals surface area contributed by atoms with Crippen molar-refractivity contribution in [2.24, 2.45) is 23.2 Å². The molecule has 0 amide bonds. The number of carbonyl (C=O) groups is 2. The van der Waals surface area contributed by atoms with E-state index in [1.807, 2.05) is 0 Å². The molecule has 0 bridgehead atoms. The van der Waals surface area contributed by atoms with E-state index in [2.05, 4.69) is 13.8 Å². The fourth-order valence-electron chi connectivity index (χ4n) is 6.53. The molecule has 3 fully saturated rings. The third-order valence-corrected chi connectivity index (χ3v) is 7.88. The van der Waals surface area contributed by atoms with E-state index in [4.69, 9.17) is 9.47 Å². The van der Waals surface area contributed by atoms with Crippen LogP contribution in [-0.2, 0) is 19.1 Å². The van der Waals surface area contributed by atoms with Crippen LogP contribution in [0.2, 0.25) is 0 Å². The monoisotopic (exact) mass is 378 g/mol. The van der Waals surface area contributed by atoms with Crippen molar-refractivity contribution in [3.63, 3.8) is 0 Å². The fraction of sp³-hybridized carbons (Fsp3) is 0.810. The van der Waals surface area contributed by atoms with Crippen molar-refractivity contribution in [2.75, 3.05) is 0 Å². The molecule has 0 spiro atoms. The number of aliphatic hydroxyl groups is 2. The number of aliphatic hydroxyl groups excluding tert-OH is 1. The second kappa shape index (κ2) is 6.05. The van der Waals surface area contributed by atoms with Gasteiger partial charge in [0, 0.05) is 30.3 Å². The first-order valence-corrected chi connectivity index (χ1v) is 10.0. The Morgan fingerprint density at radius 2 is 1.96 bits per heavy atom. The zero-order valence-corrected chi connectivity index (χ0v) is 16.5. The molecule has 1 heterocycles. The quantitative estimate of drug-likeness (QED) is 0.679. The van der Waals surface area contributed by atoms with E-state index in [-0.39, 0.29) is 41.2 Å². The van der Waals surface area contributed by atoms with Crippen LogP contribution < -0.4 is 0 Å². The Kier molecular flexibility index (Phi) is 4.24. The van der Waals surface area contributed by atoms with E-state index in [9.17, 15) is 19.8 Å². The molecule has 150 valence electrons. The number of rotatable bonds is 1. The maximum absolute atomic E-state index is 12.0. The first-order chi connectivity index (χ1) is 12.6. The lowest BCUT2D eigenvalue weighted by Crippen LogP contribution is -2.64. The van der Waals surface area contributed by atoms with Crippen LogP contribution in [0.15, 0.2) is 11.1 Å². The summed E-state index contributed by atoms with van der Waals surface area (Å²) in [4.78, 5) is 23.5. The summed E-state index contributed by atoms with van der Waals surface area (Å²) in [6.07, 6.45) is 1.63. The molecule has 0 saturated heterocycles. The van der Waals surface area contributed by atoms with Crippen molar-refractivity contribution >= 4 is 11.9 Å². The molecule has 3 saturated carbocycles. The van der Waals surface area contributed by atoms with Crippen molar-refractivity contribution in [3.8, 4) is 0 Å². The maximum Gasteiger partial charge on any atom is 0.334 e. The van der Waals surface area contributed by atoms with Crippen LogP contribution in [-0.4, -0.2) is 46.1 Å². The lowest BCUT2D eigenvalue weighted by molar-refractivity contribution is -0.215. The third kappa shape index (κ3) is 2.67. The van der Waals surface area contributed by atoms with Crippen LogP contribution >= 0.6 is 0 Å². The summed E-state index contributed by atoms with van der Waals surface area (Å²) in [5, 5.41) is 22.6. The smallest absolute Gasteiger partial charge is 0.334 e. The summed E-state index contributed by atoms with van der Waals surface area (Å²) in [5.74, 6) is -0.631. The molecular weight excluding hydrogens is 348 g/mol. The molecule has 2 N–H and O–H groups in total. The highest BCUT2D eigenvalue weighted by Gasteiger charge is 2.63. The molecule has 3 aliphatic carbocycles. The van der Waals surface area contributed by atoms with Crippen molar-refractivity contribution in [1.29, 1.82) is 0 Å². The van der Waals surface area contributed by atoms with E-state index in [1.165, 1.54) is 6.92 Å². The van der Waals surface area contributed by atoms with E-state index in [0.29, 0.717) is 18.4 Å². The average molecular weight is 378 g/mol. The standard InChI is InChI=1S/C21H30O6/c1-10-13-9-21(25)8-7-14-12(16(21)17(23)18(13)27-19(10)24)5-6-15(20(14,3)4)26-11(2)22/h12,14-18,23,25H,5-9H2,1-4H3/t12-,14+,15+,16-,17+,18+,21-/m1/s1. The molecule has 1 aliphatic heterocycles. The number of esters is 2. The van der Waals surface area contributed by atoms with Gasteiger partial charge in [-0.3, -0.25) is 4.79 Å². The van der Waals surface area contributed by atoms with Gasteiger partial charge >= 0.3 is 11.9 Å². The van der Waals surface area contributed by atoms with Crippen LogP contribution in [0, 0.1) is 23.2 Å². The average Bonchev–Trinajstić information content (AvgIpc) is 2.84. The summed E-state index contributed by atoms with van der Waals surface area (Å²) in [6.45, 7) is 7.41. The number of hydrogen-bond donors (Lipinski definition) is 2. The minimum absolute atomic E-state index is 0.113. The van der Waals surface area contributed by atoms with E-state index in [0.717, 1.165) is 24.8 Å². The molecule has 6 nitrogen and oxygen atoms in total. The van der Waals surface area contributed by atoms with Crippen molar-refractivity contribution < 1.29 is 29.3 Å². The van der Waals surface area contributed by atoms with Gasteiger partial charge in [-0.05, 0) is 50.0 Å². The molecular formula is C21H30O6. The minimum Gasteiger partial charge on any atom is -0.462 e. The first-order valence-electron chi connectivity index (χ1n) is 10.0. The topological polar surface area (TPSA) is 93.1 Å². The molecule has 27 heavy (non-hydrogen) atoms. The fourth-order valence-corrected chi connectivity index (χ4v) is 6.53. The number of carbonyl (C=O) groups excluding carboxylic acids is 2. The third-order valence-electron chi connectivity index (χ3n) is 7.88. The highest BCUT2D eigenvalue weighted by atomic mass is 16.6. The van der Waals surface area contributed by atoms with Gasteiger partial charge in [0.1, 0.15) is 12.2 Å². The normalized spacial score (nSPS) is 45.5. The van der Waals surface area contributed by atoms with Crippen LogP contribution in [0.3, 0.4) is 0 Å². The summed E-state index contributed by atoms with van der Waals surface area (Å²) >= 11 is 0. The predicted octanol–water partition coefficient (Wildman–Crippen LogP) is 2.12. The number of fused-ring (bicyclic) bond motifs is 4. The van der Waals surface area contributed by atoms with Gasteiger partial charge in [-0.25, -0.2) is 4.79 Å². The molecule has 0 aromatic carbocycles. The summed E-state index contributed by atoms with van der Waals surface area (Å²) in [5.41, 5.74) is 0.0598. The summed E-state index contributed by atoms with van der Waals surface area (Å²) in [6, 6.07) is 0. The Hall–Kier alpha value is -1.40. The van der Waals surface area contributed by atoms with Gasteiger partial charge in [-0.15, -0.1) is 0 Å². The van der Waals surface area contributed by atoms with Crippen LogP contribution in [0.5, 0.6) is 0 Å². The SMILES string of the molecule is CC(=O)O[C@H]1CC[C@H]2[C@@H]3[C@H](O)[C@H]4OC(=O)C(C)=C4C[C@]3(O)CC[C@@H]2C1(C)C. The molecule has 7 atom stereocenters. The largest absolute Gasteiger partial charge is 0.462 e. The Morgan fingerprint density at radius 3 is 2.63 bits per heavy atom. The summed E-state index contributed by atoms with van der Waals surface area (Å²) in [7, 11) is 0. The Morgan fingerprint density at radius 1 is 1.26 bits per heavy atom. The Balaban J connectivity index is 1.66. The number of ether oxygens (including phenoxy) is 2. The molecule has 0 aromatic rings. The van der Waals surface area contributed by atoms with Crippen molar-refractivity contribution in [2.45, 2.75) is 83.7 Å². The van der Waals surface area contributed by atoms with Gasteiger partial charge in [0.05, 0.1) is 5.60 Å².